The second-order valence-electron chi connectivity index (χ2n) is 6.20. The zero-order valence-corrected chi connectivity index (χ0v) is 13.9. The number of aromatic nitrogens is 1. The first-order chi connectivity index (χ1) is 11.6. The van der Waals surface area contributed by atoms with Crippen molar-refractivity contribution in [1.29, 1.82) is 0 Å². The standard InChI is InChI=1S/C20H23N3O/c1-14-6-8-15(9-7-14)10-11-22-20(24)18(21)12-16-13-23-19-5-3-2-4-17(16)19/h2-9,13,18,23H,10-12,21H2,1H3,(H,22,24). The molecule has 124 valence electrons. The topological polar surface area (TPSA) is 70.9 Å². The highest BCUT2D eigenvalue weighted by Crippen LogP contribution is 2.18. The molecule has 0 bridgehead atoms. The minimum atomic E-state index is -0.540. The van der Waals surface area contributed by atoms with Gasteiger partial charge in [0.2, 0.25) is 5.91 Å². The number of carbonyl (C=O) groups is 1. The number of aryl methyl sites for hydroxylation is 1. The number of para-hydroxylation sites is 1. The van der Waals surface area contributed by atoms with Gasteiger partial charge in [0.15, 0.2) is 0 Å². The molecule has 0 radical (unpaired) electrons. The van der Waals surface area contributed by atoms with Crippen LogP contribution in [-0.4, -0.2) is 23.5 Å². The smallest absolute Gasteiger partial charge is 0.237 e. The lowest BCUT2D eigenvalue weighted by atomic mass is 10.0. The number of hydrogen-bond acceptors (Lipinski definition) is 2. The first-order valence-electron chi connectivity index (χ1n) is 8.27. The Morgan fingerprint density at radius 2 is 1.92 bits per heavy atom. The first-order valence-corrected chi connectivity index (χ1v) is 8.27. The Labute approximate surface area is 142 Å². The van der Waals surface area contributed by atoms with Crippen LogP contribution in [0.4, 0.5) is 0 Å². The van der Waals surface area contributed by atoms with Gasteiger partial charge in [-0.25, -0.2) is 0 Å². The van der Waals surface area contributed by atoms with Crippen molar-refractivity contribution in [2.24, 2.45) is 5.73 Å². The molecule has 0 saturated carbocycles. The normalized spacial score (nSPS) is 12.2. The fraction of sp³-hybridized carbons (Fsp3) is 0.250. The molecular weight excluding hydrogens is 298 g/mol. The van der Waals surface area contributed by atoms with E-state index < -0.39 is 6.04 Å². The average molecular weight is 321 g/mol. The maximum atomic E-state index is 12.2. The SMILES string of the molecule is Cc1ccc(CCNC(=O)C(N)Cc2c[nH]c3ccccc23)cc1. The highest BCUT2D eigenvalue weighted by Gasteiger charge is 2.15. The Morgan fingerprint density at radius 3 is 2.71 bits per heavy atom. The summed E-state index contributed by atoms with van der Waals surface area (Å²) in [6, 6.07) is 15.9. The largest absolute Gasteiger partial charge is 0.361 e. The fourth-order valence-corrected chi connectivity index (χ4v) is 2.85. The van der Waals surface area contributed by atoms with Crippen molar-refractivity contribution in [2.45, 2.75) is 25.8 Å². The molecule has 1 unspecified atom stereocenters. The first kappa shape index (κ1) is 16.3. The average Bonchev–Trinajstić information content (AvgIpc) is 3.00. The Balaban J connectivity index is 1.52. The number of benzene rings is 2. The van der Waals surface area contributed by atoms with Crippen LogP contribution in [0, 0.1) is 6.92 Å². The van der Waals surface area contributed by atoms with Gasteiger partial charge in [0.05, 0.1) is 6.04 Å². The molecule has 3 aromatic rings. The van der Waals surface area contributed by atoms with Crippen molar-refractivity contribution in [3.8, 4) is 0 Å². The van der Waals surface area contributed by atoms with Gasteiger partial charge in [0.1, 0.15) is 0 Å². The van der Waals surface area contributed by atoms with E-state index in [9.17, 15) is 4.79 Å². The number of nitrogens with one attached hydrogen (secondary N) is 2. The molecule has 0 aliphatic rings. The number of rotatable bonds is 6. The van der Waals surface area contributed by atoms with Crippen LogP contribution in [0.3, 0.4) is 0 Å². The van der Waals surface area contributed by atoms with E-state index >= 15 is 0 Å². The Hall–Kier alpha value is -2.59. The number of nitrogens with two attached hydrogens (primary N) is 1. The summed E-state index contributed by atoms with van der Waals surface area (Å²) in [6.07, 6.45) is 3.27. The third kappa shape index (κ3) is 3.84. The summed E-state index contributed by atoms with van der Waals surface area (Å²) in [6.45, 7) is 2.67. The summed E-state index contributed by atoms with van der Waals surface area (Å²) >= 11 is 0. The van der Waals surface area contributed by atoms with Gasteiger partial charge in [-0.05, 0) is 37.0 Å². The maximum Gasteiger partial charge on any atom is 0.237 e. The zero-order valence-electron chi connectivity index (χ0n) is 13.9. The molecule has 1 amide bonds. The predicted molar refractivity (Wildman–Crippen MR) is 97.9 cm³/mol. The third-order valence-electron chi connectivity index (χ3n) is 4.29. The van der Waals surface area contributed by atoms with Gasteiger partial charge in [-0.1, -0.05) is 48.0 Å². The van der Waals surface area contributed by atoms with Gasteiger partial charge < -0.3 is 16.0 Å². The van der Waals surface area contributed by atoms with Crippen molar-refractivity contribution in [3.05, 3.63) is 71.4 Å². The monoisotopic (exact) mass is 321 g/mol. The predicted octanol–water partition coefficient (Wildman–Crippen LogP) is 2.71. The minimum Gasteiger partial charge on any atom is -0.361 e. The lowest BCUT2D eigenvalue weighted by Gasteiger charge is -2.12. The second kappa shape index (κ2) is 7.32. The molecule has 0 fully saturated rings. The molecule has 1 aromatic heterocycles. The van der Waals surface area contributed by atoms with Gasteiger partial charge in [0, 0.05) is 23.6 Å². The van der Waals surface area contributed by atoms with Gasteiger partial charge in [-0.15, -0.1) is 0 Å². The minimum absolute atomic E-state index is 0.104. The van der Waals surface area contributed by atoms with E-state index in [2.05, 4.69) is 41.5 Å². The molecule has 24 heavy (non-hydrogen) atoms. The van der Waals surface area contributed by atoms with E-state index in [1.54, 1.807) is 0 Å². The van der Waals surface area contributed by atoms with E-state index in [-0.39, 0.29) is 5.91 Å². The van der Waals surface area contributed by atoms with Gasteiger partial charge in [-0.3, -0.25) is 4.79 Å². The maximum absolute atomic E-state index is 12.2. The van der Waals surface area contributed by atoms with Crippen LogP contribution in [0.5, 0.6) is 0 Å². The van der Waals surface area contributed by atoms with Crippen molar-refractivity contribution < 1.29 is 4.79 Å². The van der Waals surface area contributed by atoms with Crippen LogP contribution in [0.15, 0.2) is 54.7 Å². The molecule has 0 saturated heterocycles. The fourth-order valence-electron chi connectivity index (χ4n) is 2.85. The van der Waals surface area contributed by atoms with Crippen LogP contribution in [-0.2, 0) is 17.6 Å². The summed E-state index contributed by atoms with van der Waals surface area (Å²) in [5.41, 5.74) is 10.7. The van der Waals surface area contributed by atoms with Gasteiger partial charge >= 0.3 is 0 Å². The summed E-state index contributed by atoms with van der Waals surface area (Å²) in [5, 5.41) is 4.06. The lowest BCUT2D eigenvalue weighted by molar-refractivity contribution is -0.122. The van der Waals surface area contributed by atoms with E-state index in [1.165, 1.54) is 11.1 Å². The Bertz CT molecular complexity index is 820. The molecule has 3 rings (SSSR count). The van der Waals surface area contributed by atoms with E-state index in [4.69, 9.17) is 5.73 Å². The number of aromatic amines is 1. The highest BCUT2D eigenvalue weighted by atomic mass is 16.2. The van der Waals surface area contributed by atoms with Crippen LogP contribution >= 0.6 is 0 Å². The summed E-state index contributed by atoms with van der Waals surface area (Å²) < 4.78 is 0. The quantitative estimate of drug-likeness (QED) is 0.653. The van der Waals surface area contributed by atoms with Crippen LogP contribution < -0.4 is 11.1 Å². The summed E-state index contributed by atoms with van der Waals surface area (Å²) in [7, 11) is 0. The Kier molecular flexibility index (Phi) is 4.96. The van der Waals surface area contributed by atoms with Crippen molar-refractivity contribution >= 4 is 16.8 Å². The molecule has 4 heteroatoms. The zero-order chi connectivity index (χ0) is 16.9. The molecule has 0 aliphatic carbocycles. The molecular formula is C20H23N3O. The van der Waals surface area contributed by atoms with Crippen molar-refractivity contribution in [1.82, 2.24) is 10.3 Å². The molecule has 0 spiro atoms. The van der Waals surface area contributed by atoms with E-state index in [0.717, 1.165) is 22.9 Å². The summed E-state index contributed by atoms with van der Waals surface area (Å²) in [5.74, 6) is -0.104. The number of H-pyrrole nitrogens is 1. The second-order valence-corrected chi connectivity index (χ2v) is 6.20. The molecule has 2 aromatic carbocycles. The molecule has 4 nitrogen and oxygen atoms in total. The van der Waals surface area contributed by atoms with Crippen molar-refractivity contribution in [3.63, 3.8) is 0 Å². The molecule has 1 atom stereocenters. The van der Waals surface area contributed by atoms with Crippen molar-refractivity contribution in [2.75, 3.05) is 6.54 Å². The van der Waals surface area contributed by atoms with E-state index in [1.807, 2.05) is 30.5 Å². The number of carbonyl (C=O) groups excluding carboxylic acids is 1. The molecule has 0 aliphatic heterocycles. The summed E-state index contributed by atoms with van der Waals surface area (Å²) in [4.78, 5) is 15.4. The Morgan fingerprint density at radius 1 is 1.17 bits per heavy atom. The van der Waals surface area contributed by atoms with Crippen LogP contribution in [0.1, 0.15) is 16.7 Å². The van der Waals surface area contributed by atoms with Crippen LogP contribution in [0.2, 0.25) is 0 Å². The third-order valence-corrected chi connectivity index (χ3v) is 4.29. The number of fused-ring (bicyclic) bond motifs is 1. The van der Waals surface area contributed by atoms with E-state index in [0.29, 0.717) is 13.0 Å². The molecule has 4 N–H and O–H groups in total. The van der Waals surface area contributed by atoms with Crippen LogP contribution in [0.25, 0.3) is 10.9 Å². The van der Waals surface area contributed by atoms with Gasteiger partial charge in [0.25, 0.3) is 0 Å². The lowest BCUT2D eigenvalue weighted by Crippen LogP contribution is -2.42. The highest BCUT2D eigenvalue weighted by molar-refractivity contribution is 5.86. The van der Waals surface area contributed by atoms with Gasteiger partial charge in [-0.2, -0.15) is 0 Å². The number of amides is 1. The molecule has 1 heterocycles. The number of hydrogen-bond donors (Lipinski definition) is 3.